The number of aromatic nitrogens is 2. The Labute approximate surface area is 146 Å². The molecular weight excluding hydrogens is 320 g/mol. The number of hydrogen-bond donors (Lipinski definition) is 2. The fraction of sp³-hybridized carbons (Fsp3) is 0.444. The molecule has 0 radical (unpaired) electrons. The van der Waals surface area contributed by atoms with Crippen molar-refractivity contribution in [3.05, 3.63) is 40.3 Å². The molecule has 1 aromatic heterocycles. The van der Waals surface area contributed by atoms with Gasteiger partial charge in [0, 0.05) is 17.3 Å². The predicted molar refractivity (Wildman–Crippen MR) is 96.0 cm³/mol. The van der Waals surface area contributed by atoms with E-state index in [9.17, 15) is 14.4 Å². The van der Waals surface area contributed by atoms with Gasteiger partial charge in [-0.25, -0.2) is 4.68 Å². The van der Waals surface area contributed by atoms with E-state index in [0.29, 0.717) is 30.2 Å². The van der Waals surface area contributed by atoms with Crippen LogP contribution < -0.4 is 16.4 Å². The number of nitrogens with zero attached hydrogens (tertiary/aromatic N) is 2. The Morgan fingerprint density at radius 2 is 1.76 bits per heavy atom. The summed E-state index contributed by atoms with van der Waals surface area (Å²) in [6, 6.07) is 6.82. The zero-order chi connectivity index (χ0) is 18.6. The van der Waals surface area contributed by atoms with Gasteiger partial charge in [0.05, 0.1) is 5.39 Å². The maximum atomic E-state index is 12.5. The molecule has 134 valence electrons. The van der Waals surface area contributed by atoms with Crippen molar-refractivity contribution in [3.8, 4) is 0 Å². The van der Waals surface area contributed by atoms with E-state index in [1.807, 2.05) is 13.8 Å². The molecule has 0 aliphatic heterocycles. The second kappa shape index (κ2) is 7.46. The number of fused-ring (bicyclic) bond motifs is 1. The third-order valence-electron chi connectivity index (χ3n) is 4.31. The molecule has 0 atom stereocenters. The van der Waals surface area contributed by atoms with Crippen molar-refractivity contribution in [1.82, 2.24) is 20.6 Å². The predicted octanol–water partition coefficient (Wildman–Crippen LogP) is 2.00. The number of rotatable bonds is 5. The Kier molecular flexibility index (Phi) is 5.56. The quantitative estimate of drug-likeness (QED) is 0.811. The van der Waals surface area contributed by atoms with E-state index in [2.05, 4.69) is 16.0 Å². The summed E-state index contributed by atoms with van der Waals surface area (Å²) >= 11 is 0. The van der Waals surface area contributed by atoms with Crippen molar-refractivity contribution in [2.75, 3.05) is 0 Å². The first-order valence-corrected chi connectivity index (χ1v) is 8.42. The van der Waals surface area contributed by atoms with Crippen LogP contribution in [0.1, 0.15) is 51.0 Å². The maximum Gasteiger partial charge on any atom is 0.290 e. The minimum absolute atomic E-state index is 0.109. The molecule has 2 N–H and O–H groups in total. The smallest absolute Gasteiger partial charge is 0.273 e. The molecule has 0 unspecified atom stereocenters. The number of hydrazine groups is 1. The molecule has 2 aromatic rings. The molecule has 0 saturated heterocycles. The summed E-state index contributed by atoms with van der Waals surface area (Å²) < 4.78 is 1.29. The van der Waals surface area contributed by atoms with E-state index in [1.54, 1.807) is 38.1 Å². The molecule has 1 heterocycles. The number of carbonyl (C=O) groups is 2. The minimum Gasteiger partial charge on any atom is -0.273 e. The molecule has 0 saturated carbocycles. The Balaban J connectivity index is 2.36. The van der Waals surface area contributed by atoms with Crippen molar-refractivity contribution in [2.45, 2.75) is 47.1 Å². The first-order chi connectivity index (χ1) is 11.8. The third kappa shape index (κ3) is 3.87. The Bertz CT molecular complexity index is 855. The molecule has 0 aliphatic rings. The number of carbonyl (C=O) groups excluding carboxylic acids is 2. The Morgan fingerprint density at radius 3 is 2.36 bits per heavy atom. The second-order valence-electron chi connectivity index (χ2n) is 6.57. The molecule has 0 aliphatic carbocycles. The highest BCUT2D eigenvalue weighted by molar-refractivity contribution is 6.05. The van der Waals surface area contributed by atoms with Crippen LogP contribution in [0.5, 0.6) is 0 Å². The lowest BCUT2D eigenvalue weighted by molar-refractivity contribution is -0.130. The van der Waals surface area contributed by atoms with Crippen LogP contribution in [0.3, 0.4) is 0 Å². The molecular formula is C18H24N4O3. The Morgan fingerprint density at radius 1 is 1.12 bits per heavy atom. The van der Waals surface area contributed by atoms with Gasteiger partial charge in [0.1, 0.15) is 0 Å². The lowest BCUT2D eigenvalue weighted by Gasteiger charge is -2.21. The second-order valence-corrected chi connectivity index (χ2v) is 6.57. The summed E-state index contributed by atoms with van der Waals surface area (Å²) in [6.07, 6.45) is 1.35. The van der Waals surface area contributed by atoms with Crippen molar-refractivity contribution < 1.29 is 9.59 Å². The number of hydrogen-bond acceptors (Lipinski definition) is 4. The molecule has 0 bridgehead atoms. The van der Waals surface area contributed by atoms with Gasteiger partial charge in [0.25, 0.3) is 11.5 Å². The lowest BCUT2D eigenvalue weighted by atomic mass is 9.90. The fourth-order valence-corrected chi connectivity index (χ4v) is 2.27. The SMILES string of the molecule is CCCn1nc(C(=O)NNC(=O)C(C)(C)CC)c2ccccc2c1=O. The van der Waals surface area contributed by atoms with Gasteiger partial charge in [-0.05, 0) is 18.9 Å². The molecule has 2 amide bonds. The molecule has 0 spiro atoms. The standard InChI is InChI=1S/C18H24N4O3/c1-5-11-22-16(24)13-10-8-7-9-12(13)14(21-22)15(23)19-20-17(25)18(3,4)6-2/h7-10H,5-6,11H2,1-4H3,(H,19,23)(H,20,25). The van der Waals surface area contributed by atoms with Gasteiger partial charge in [-0.3, -0.25) is 25.2 Å². The monoisotopic (exact) mass is 344 g/mol. The molecule has 2 rings (SSSR count). The van der Waals surface area contributed by atoms with Crippen molar-refractivity contribution >= 4 is 22.6 Å². The summed E-state index contributed by atoms with van der Waals surface area (Å²) in [6.45, 7) is 7.83. The number of aryl methyl sites for hydroxylation is 1. The normalized spacial score (nSPS) is 11.4. The van der Waals surface area contributed by atoms with Gasteiger partial charge in [0.15, 0.2) is 5.69 Å². The van der Waals surface area contributed by atoms with Crippen LogP contribution in [0.15, 0.2) is 29.1 Å². The summed E-state index contributed by atoms with van der Waals surface area (Å²) in [5.41, 5.74) is 4.13. The van der Waals surface area contributed by atoms with Gasteiger partial charge < -0.3 is 0 Å². The first kappa shape index (κ1) is 18.6. The van der Waals surface area contributed by atoms with E-state index < -0.39 is 11.3 Å². The van der Waals surface area contributed by atoms with E-state index >= 15 is 0 Å². The van der Waals surface area contributed by atoms with Crippen molar-refractivity contribution in [1.29, 1.82) is 0 Å². The zero-order valence-electron chi connectivity index (χ0n) is 15.0. The molecule has 25 heavy (non-hydrogen) atoms. The topological polar surface area (TPSA) is 93.1 Å². The van der Waals surface area contributed by atoms with Crippen LogP contribution in [0.25, 0.3) is 10.8 Å². The van der Waals surface area contributed by atoms with Gasteiger partial charge in [-0.2, -0.15) is 5.10 Å². The number of benzene rings is 1. The van der Waals surface area contributed by atoms with Crippen molar-refractivity contribution in [3.63, 3.8) is 0 Å². The third-order valence-corrected chi connectivity index (χ3v) is 4.31. The van der Waals surface area contributed by atoms with Gasteiger partial charge in [-0.1, -0.05) is 45.9 Å². The van der Waals surface area contributed by atoms with E-state index in [1.165, 1.54) is 4.68 Å². The summed E-state index contributed by atoms with van der Waals surface area (Å²) in [7, 11) is 0. The number of amides is 2. The average molecular weight is 344 g/mol. The van der Waals surface area contributed by atoms with Gasteiger partial charge in [-0.15, -0.1) is 0 Å². The highest BCUT2D eigenvalue weighted by atomic mass is 16.2. The first-order valence-electron chi connectivity index (χ1n) is 8.42. The lowest BCUT2D eigenvalue weighted by Crippen LogP contribution is -2.48. The Hall–Kier alpha value is -2.70. The van der Waals surface area contributed by atoms with Crippen LogP contribution >= 0.6 is 0 Å². The zero-order valence-corrected chi connectivity index (χ0v) is 15.0. The van der Waals surface area contributed by atoms with Crippen molar-refractivity contribution in [2.24, 2.45) is 5.41 Å². The van der Waals surface area contributed by atoms with Gasteiger partial charge >= 0.3 is 0 Å². The van der Waals surface area contributed by atoms with Crippen LogP contribution in [0, 0.1) is 5.41 Å². The molecule has 1 aromatic carbocycles. The molecule has 7 heteroatoms. The van der Waals surface area contributed by atoms with E-state index in [4.69, 9.17) is 0 Å². The number of nitrogens with one attached hydrogen (secondary N) is 2. The average Bonchev–Trinajstić information content (AvgIpc) is 2.61. The largest absolute Gasteiger partial charge is 0.290 e. The molecule has 0 fully saturated rings. The van der Waals surface area contributed by atoms with Crippen LogP contribution in [-0.2, 0) is 11.3 Å². The van der Waals surface area contributed by atoms with Crippen LogP contribution in [0.2, 0.25) is 0 Å². The highest BCUT2D eigenvalue weighted by Gasteiger charge is 2.26. The minimum atomic E-state index is -0.593. The van der Waals surface area contributed by atoms with E-state index in [0.717, 1.165) is 0 Å². The maximum absolute atomic E-state index is 12.5. The fourth-order valence-electron chi connectivity index (χ4n) is 2.27. The van der Waals surface area contributed by atoms with E-state index in [-0.39, 0.29) is 17.2 Å². The summed E-state index contributed by atoms with van der Waals surface area (Å²) in [4.78, 5) is 37.1. The van der Waals surface area contributed by atoms with Crippen LogP contribution in [-0.4, -0.2) is 21.6 Å². The summed E-state index contributed by atoms with van der Waals surface area (Å²) in [5.74, 6) is -0.837. The van der Waals surface area contributed by atoms with Gasteiger partial charge in [0.2, 0.25) is 5.91 Å². The summed E-state index contributed by atoms with van der Waals surface area (Å²) in [5, 5.41) is 5.08. The van der Waals surface area contributed by atoms with Crippen LogP contribution in [0.4, 0.5) is 0 Å². The molecule has 7 nitrogen and oxygen atoms in total. The highest BCUT2D eigenvalue weighted by Crippen LogP contribution is 2.19.